The highest BCUT2D eigenvalue weighted by Crippen LogP contribution is 2.34. The van der Waals surface area contributed by atoms with E-state index < -0.39 is 5.56 Å². The minimum Gasteiger partial charge on any atom is -0.443 e. The lowest BCUT2D eigenvalue weighted by Gasteiger charge is -2.26. The van der Waals surface area contributed by atoms with Crippen LogP contribution in [0.15, 0.2) is 9.21 Å². The first-order chi connectivity index (χ1) is 11.2. The maximum Gasteiger partial charge on any atom is 0.285 e. The summed E-state index contributed by atoms with van der Waals surface area (Å²) < 4.78 is 6.86. The van der Waals surface area contributed by atoms with Gasteiger partial charge in [0.05, 0.1) is 5.69 Å². The van der Waals surface area contributed by atoms with E-state index in [0.717, 1.165) is 4.68 Å². The first kappa shape index (κ1) is 16.1. The molecule has 0 bridgehead atoms. The van der Waals surface area contributed by atoms with Gasteiger partial charge in [0.2, 0.25) is 5.89 Å². The Morgan fingerprint density at radius 1 is 1.29 bits per heavy atom. The molecule has 0 fully saturated rings. The summed E-state index contributed by atoms with van der Waals surface area (Å²) in [6.07, 6.45) is 1.05. The number of nitriles is 1. The number of fused-ring (bicyclic) bond motifs is 1. The van der Waals surface area contributed by atoms with Gasteiger partial charge in [-0.2, -0.15) is 10.4 Å². The van der Waals surface area contributed by atoms with E-state index in [2.05, 4.69) is 10.1 Å². The molecular formula is C17H18N4O3. The molecule has 1 aliphatic carbocycles. The maximum atomic E-state index is 12.3. The summed E-state index contributed by atoms with van der Waals surface area (Å²) in [5, 5.41) is 13.4. The van der Waals surface area contributed by atoms with Crippen LogP contribution in [-0.2, 0) is 13.0 Å². The van der Waals surface area contributed by atoms with Crippen LogP contribution in [0.25, 0.3) is 0 Å². The van der Waals surface area contributed by atoms with E-state index in [1.54, 1.807) is 13.8 Å². The average molecular weight is 326 g/mol. The predicted octanol–water partition coefficient (Wildman–Crippen LogP) is 1.92. The summed E-state index contributed by atoms with van der Waals surface area (Å²) in [7, 11) is 0. The Kier molecular flexibility index (Phi) is 3.63. The van der Waals surface area contributed by atoms with Gasteiger partial charge >= 0.3 is 0 Å². The topological polar surface area (TPSA) is 102 Å². The Morgan fingerprint density at radius 2 is 2.00 bits per heavy atom. The van der Waals surface area contributed by atoms with Gasteiger partial charge in [-0.05, 0) is 24.8 Å². The van der Waals surface area contributed by atoms with Gasteiger partial charge in [0.15, 0.2) is 5.78 Å². The zero-order valence-electron chi connectivity index (χ0n) is 14.1. The molecule has 1 aliphatic rings. The number of Topliss-reactive ketones (excluding diaryl/α,β-unsaturated/α-hetero) is 1. The van der Waals surface area contributed by atoms with Crippen LogP contribution in [0.1, 0.15) is 59.2 Å². The fourth-order valence-electron chi connectivity index (χ4n) is 2.96. The minimum atomic E-state index is -0.483. The van der Waals surface area contributed by atoms with Crippen molar-refractivity contribution in [1.82, 2.24) is 14.8 Å². The van der Waals surface area contributed by atoms with Gasteiger partial charge in [0.25, 0.3) is 5.56 Å². The first-order valence-electron chi connectivity index (χ1n) is 7.72. The third-order valence-electron chi connectivity index (χ3n) is 4.32. The van der Waals surface area contributed by atoms with Gasteiger partial charge in [-0.3, -0.25) is 9.59 Å². The van der Waals surface area contributed by atoms with Gasteiger partial charge in [-0.25, -0.2) is 9.67 Å². The third-order valence-corrected chi connectivity index (χ3v) is 4.32. The highest BCUT2D eigenvalue weighted by atomic mass is 16.4. The molecule has 124 valence electrons. The quantitative estimate of drug-likeness (QED) is 0.835. The van der Waals surface area contributed by atoms with Crippen molar-refractivity contribution in [2.75, 3.05) is 0 Å². The van der Waals surface area contributed by atoms with E-state index in [0.29, 0.717) is 35.6 Å². The zero-order valence-corrected chi connectivity index (χ0v) is 14.1. The van der Waals surface area contributed by atoms with Crippen molar-refractivity contribution in [3.05, 3.63) is 44.5 Å². The average Bonchev–Trinajstić information content (AvgIpc) is 2.87. The molecule has 0 spiro atoms. The zero-order chi connectivity index (χ0) is 17.6. The van der Waals surface area contributed by atoms with Crippen LogP contribution in [0.5, 0.6) is 0 Å². The smallest absolute Gasteiger partial charge is 0.285 e. The Hall–Kier alpha value is -2.75. The second-order valence-electron chi connectivity index (χ2n) is 6.98. The largest absolute Gasteiger partial charge is 0.443 e. The summed E-state index contributed by atoms with van der Waals surface area (Å²) >= 11 is 0. The summed E-state index contributed by atoms with van der Waals surface area (Å²) in [6, 6.07) is 1.92. The standard InChI is InChI=1S/C17H18N4O3/c1-9-10(2)20-21(16(23)11(9)7-18)8-14-19-15-12(22)5-17(3,4)6-13(15)24-14/h5-6,8H2,1-4H3. The molecule has 0 saturated heterocycles. The van der Waals surface area contributed by atoms with Crippen molar-refractivity contribution >= 4 is 5.78 Å². The number of rotatable bonds is 2. The molecular weight excluding hydrogens is 308 g/mol. The Morgan fingerprint density at radius 3 is 2.67 bits per heavy atom. The Bertz CT molecular complexity index is 944. The van der Waals surface area contributed by atoms with E-state index >= 15 is 0 Å². The molecule has 2 heterocycles. The molecule has 7 heteroatoms. The normalized spacial score (nSPS) is 15.9. The first-order valence-corrected chi connectivity index (χ1v) is 7.72. The number of carbonyl (C=O) groups excluding carboxylic acids is 1. The van der Waals surface area contributed by atoms with Crippen molar-refractivity contribution in [3.63, 3.8) is 0 Å². The van der Waals surface area contributed by atoms with Crippen LogP contribution in [0.3, 0.4) is 0 Å². The summed E-state index contributed by atoms with van der Waals surface area (Å²) in [5.74, 6) is 0.769. The summed E-state index contributed by atoms with van der Waals surface area (Å²) in [4.78, 5) is 28.8. The fraction of sp³-hybridized carbons (Fsp3) is 0.471. The van der Waals surface area contributed by atoms with Gasteiger partial charge in [0.1, 0.15) is 29.6 Å². The van der Waals surface area contributed by atoms with Gasteiger partial charge in [-0.1, -0.05) is 13.8 Å². The summed E-state index contributed by atoms with van der Waals surface area (Å²) in [6.45, 7) is 7.43. The molecule has 0 N–H and O–H groups in total. The summed E-state index contributed by atoms with van der Waals surface area (Å²) in [5.41, 5.74) is 0.938. The van der Waals surface area contributed by atoms with Crippen molar-refractivity contribution in [1.29, 1.82) is 5.26 Å². The molecule has 24 heavy (non-hydrogen) atoms. The molecule has 0 aromatic carbocycles. The van der Waals surface area contributed by atoms with Crippen LogP contribution in [0.4, 0.5) is 0 Å². The SMILES string of the molecule is Cc1nn(Cc2nc3c(o2)CC(C)(C)CC3=O)c(=O)c(C#N)c1C. The number of ketones is 1. The molecule has 2 aromatic heterocycles. The number of carbonyl (C=O) groups is 1. The van der Waals surface area contributed by atoms with Crippen molar-refractivity contribution < 1.29 is 9.21 Å². The molecule has 7 nitrogen and oxygen atoms in total. The van der Waals surface area contributed by atoms with E-state index in [1.807, 2.05) is 19.9 Å². The number of nitrogens with zero attached hydrogens (tertiary/aromatic N) is 4. The van der Waals surface area contributed by atoms with Crippen molar-refractivity contribution in [2.24, 2.45) is 5.41 Å². The Balaban J connectivity index is 2.00. The van der Waals surface area contributed by atoms with E-state index in [4.69, 9.17) is 9.68 Å². The van der Waals surface area contributed by atoms with E-state index in [1.165, 1.54) is 0 Å². The number of oxazole rings is 1. The van der Waals surface area contributed by atoms with Gasteiger partial charge < -0.3 is 4.42 Å². The molecule has 0 amide bonds. The molecule has 0 aliphatic heterocycles. The lowest BCUT2D eigenvalue weighted by Crippen LogP contribution is -2.28. The highest BCUT2D eigenvalue weighted by Gasteiger charge is 2.35. The molecule has 0 atom stereocenters. The number of aryl methyl sites for hydroxylation is 1. The molecule has 2 aromatic rings. The fourth-order valence-corrected chi connectivity index (χ4v) is 2.96. The highest BCUT2D eigenvalue weighted by molar-refractivity contribution is 5.96. The molecule has 3 rings (SSSR count). The van der Waals surface area contributed by atoms with Crippen molar-refractivity contribution in [2.45, 2.75) is 47.1 Å². The lowest BCUT2D eigenvalue weighted by molar-refractivity contribution is 0.0899. The Labute approximate surface area is 138 Å². The third kappa shape index (κ3) is 2.64. The molecule has 0 unspecified atom stereocenters. The van der Waals surface area contributed by atoms with E-state index in [-0.39, 0.29) is 29.2 Å². The maximum absolute atomic E-state index is 12.3. The van der Waals surface area contributed by atoms with Crippen molar-refractivity contribution in [3.8, 4) is 6.07 Å². The second-order valence-corrected chi connectivity index (χ2v) is 6.98. The van der Waals surface area contributed by atoms with E-state index in [9.17, 15) is 9.59 Å². The van der Waals surface area contributed by atoms with Crippen LogP contribution in [-0.4, -0.2) is 20.5 Å². The van der Waals surface area contributed by atoms with Crippen LogP contribution in [0, 0.1) is 30.6 Å². The van der Waals surface area contributed by atoms with Gasteiger partial charge in [0, 0.05) is 12.8 Å². The number of hydrogen-bond acceptors (Lipinski definition) is 6. The van der Waals surface area contributed by atoms with Crippen LogP contribution in [0.2, 0.25) is 0 Å². The molecule has 0 radical (unpaired) electrons. The number of hydrogen-bond donors (Lipinski definition) is 0. The predicted molar refractivity (Wildman–Crippen MR) is 84.7 cm³/mol. The van der Waals surface area contributed by atoms with Gasteiger partial charge in [-0.15, -0.1) is 0 Å². The second kappa shape index (κ2) is 5.41. The number of aromatic nitrogens is 3. The minimum absolute atomic E-state index is 0.00462. The van der Waals surface area contributed by atoms with Crippen LogP contribution >= 0.6 is 0 Å². The van der Waals surface area contributed by atoms with Crippen LogP contribution < -0.4 is 5.56 Å². The monoisotopic (exact) mass is 326 g/mol. The lowest BCUT2D eigenvalue weighted by atomic mass is 9.78. The molecule has 0 saturated carbocycles.